The second-order valence-electron chi connectivity index (χ2n) is 7.25. The van der Waals surface area contributed by atoms with E-state index in [0.29, 0.717) is 23.4 Å². The molecule has 0 radical (unpaired) electrons. The summed E-state index contributed by atoms with van der Waals surface area (Å²) in [6, 6.07) is 3.97. The van der Waals surface area contributed by atoms with Gasteiger partial charge < -0.3 is 10.5 Å². The van der Waals surface area contributed by atoms with Crippen molar-refractivity contribution in [2.45, 2.75) is 18.9 Å². The number of anilines is 1. The van der Waals surface area contributed by atoms with E-state index in [1.807, 2.05) is 0 Å². The van der Waals surface area contributed by atoms with Crippen LogP contribution in [0.15, 0.2) is 18.2 Å². The van der Waals surface area contributed by atoms with Gasteiger partial charge in [-0.15, -0.1) is 0 Å². The summed E-state index contributed by atoms with van der Waals surface area (Å²) in [6.45, 7) is 0.416. The molecule has 2 amide bonds. The highest BCUT2D eigenvalue weighted by Crippen LogP contribution is 2.37. The standard InChI is InChI=1S/C20H17F4N3O3/c1-26-6-4-9-2-3-10(8-12(9)18(26)19(25)28)30-20(29)27-7-5-11-13(21)14(22)15(23)16(24)17(11)27/h2-3,8,18H,4-7H2,1H3,(H2,25,28). The van der Waals surface area contributed by atoms with Crippen LogP contribution >= 0.6 is 0 Å². The van der Waals surface area contributed by atoms with Gasteiger partial charge in [-0.25, -0.2) is 22.4 Å². The molecule has 2 aliphatic heterocycles. The molecule has 4 rings (SSSR count). The van der Waals surface area contributed by atoms with Crippen LogP contribution in [0.5, 0.6) is 5.75 Å². The van der Waals surface area contributed by atoms with Crippen LogP contribution in [0.1, 0.15) is 22.7 Å². The number of hydrogen-bond acceptors (Lipinski definition) is 4. The van der Waals surface area contributed by atoms with Gasteiger partial charge in [0.15, 0.2) is 23.3 Å². The van der Waals surface area contributed by atoms with Crippen LogP contribution < -0.4 is 15.4 Å². The normalized spacial score (nSPS) is 18.2. The molecule has 0 spiro atoms. The van der Waals surface area contributed by atoms with Crippen LogP contribution in [-0.2, 0) is 17.6 Å². The van der Waals surface area contributed by atoms with Crippen molar-refractivity contribution in [2.75, 3.05) is 25.0 Å². The van der Waals surface area contributed by atoms with E-state index >= 15 is 0 Å². The van der Waals surface area contributed by atoms with Gasteiger partial charge in [-0.2, -0.15) is 0 Å². The molecular weight excluding hydrogens is 406 g/mol. The maximum absolute atomic E-state index is 14.2. The molecule has 30 heavy (non-hydrogen) atoms. The zero-order valence-corrected chi connectivity index (χ0v) is 15.8. The lowest BCUT2D eigenvalue weighted by molar-refractivity contribution is -0.123. The molecule has 1 unspecified atom stereocenters. The molecule has 2 aromatic rings. The van der Waals surface area contributed by atoms with Gasteiger partial charge in [0.05, 0.1) is 5.69 Å². The molecule has 0 saturated carbocycles. The SMILES string of the molecule is CN1CCc2ccc(OC(=O)N3CCc4c(F)c(F)c(F)c(F)c43)cc2C1C(N)=O. The Morgan fingerprint density at radius 1 is 1.03 bits per heavy atom. The summed E-state index contributed by atoms with van der Waals surface area (Å²) < 4.78 is 60.5. The van der Waals surface area contributed by atoms with Crippen LogP contribution in [0.3, 0.4) is 0 Å². The highest BCUT2D eigenvalue weighted by Gasteiger charge is 2.36. The minimum atomic E-state index is -1.99. The molecule has 2 aromatic carbocycles. The number of halogens is 4. The van der Waals surface area contributed by atoms with Gasteiger partial charge in [0.2, 0.25) is 5.91 Å². The lowest BCUT2D eigenvalue weighted by Gasteiger charge is -2.32. The molecule has 0 bridgehead atoms. The first-order valence-electron chi connectivity index (χ1n) is 9.17. The molecule has 0 fully saturated rings. The maximum Gasteiger partial charge on any atom is 0.419 e. The first-order valence-corrected chi connectivity index (χ1v) is 9.17. The van der Waals surface area contributed by atoms with Gasteiger partial charge in [-0.3, -0.25) is 14.6 Å². The van der Waals surface area contributed by atoms with Crippen molar-refractivity contribution in [3.63, 3.8) is 0 Å². The van der Waals surface area contributed by atoms with Crippen LogP contribution in [0.2, 0.25) is 0 Å². The summed E-state index contributed by atoms with van der Waals surface area (Å²) in [6.07, 6.45) is -0.611. The summed E-state index contributed by atoms with van der Waals surface area (Å²) in [4.78, 5) is 26.9. The highest BCUT2D eigenvalue weighted by atomic mass is 19.2. The number of carbonyl (C=O) groups excluding carboxylic acids is 2. The molecule has 2 heterocycles. The van der Waals surface area contributed by atoms with Gasteiger partial charge >= 0.3 is 6.09 Å². The number of amides is 2. The first kappa shape index (κ1) is 20.1. The number of primary amides is 1. The molecule has 2 aliphatic rings. The number of fused-ring (bicyclic) bond motifs is 2. The smallest absolute Gasteiger partial charge is 0.410 e. The van der Waals surface area contributed by atoms with Crippen LogP contribution in [0.4, 0.5) is 28.0 Å². The number of rotatable bonds is 2. The summed E-state index contributed by atoms with van der Waals surface area (Å²) in [7, 11) is 1.74. The Morgan fingerprint density at radius 3 is 2.43 bits per heavy atom. The van der Waals surface area contributed by atoms with Crippen molar-refractivity contribution in [1.82, 2.24) is 4.90 Å². The summed E-state index contributed by atoms with van der Waals surface area (Å²) in [5.41, 5.74) is 5.84. The molecule has 0 aromatic heterocycles. The molecule has 2 N–H and O–H groups in total. The average Bonchev–Trinajstić information content (AvgIpc) is 3.15. The lowest BCUT2D eigenvalue weighted by Crippen LogP contribution is -2.40. The predicted octanol–water partition coefficient (Wildman–Crippen LogP) is 2.82. The van der Waals surface area contributed by atoms with Crippen LogP contribution in [0.25, 0.3) is 0 Å². The number of nitrogens with two attached hydrogens (primary N) is 1. The topological polar surface area (TPSA) is 75.9 Å². The highest BCUT2D eigenvalue weighted by molar-refractivity contribution is 5.92. The van der Waals surface area contributed by atoms with Crippen molar-refractivity contribution in [1.29, 1.82) is 0 Å². The van der Waals surface area contributed by atoms with E-state index in [-0.39, 0.29) is 18.7 Å². The number of benzene rings is 2. The quantitative estimate of drug-likeness (QED) is 0.458. The minimum absolute atomic E-state index is 0.0530. The Morgan fingerprint density at radius 2 is 1.73 bits per heavy atom. The fourth-order valence-corrected chi connectivity index (χ4v) is 4.00. The maximum atomic E-state index is 14.2. The molecule has 6 nitrogen and oxygen atoms in total. The van der Waals surface area contributed by atoms with E-state index in [1.54, 1.807) is 18.0 Å². The fourth-order valence-electron chi connectivity index (χ4n) is 4.00. The Labute approximate surface area is 168 Å². The van der Waals surface area contributed by atoms with E-state index in [9.17, 15) is 27.2 Å². The number of ether oxygens (including phenoxy) is 1. The third-order valence-corrected chi connectivity index (χ3v) is 5.47. The minimum Gasteiger partial charge on any atom is -0.410 e. The van der Waals surface area contributed by atoms with E-state index in [4.69, 9.17) is 10.5 Å². The van der Waals surface area contributed by atoms with E-state index < -0.39 is 52.6 Å². The van der Waals surface area contributed by atoms with Crippen molar-refractivity contribution in [2.24, 2.45) is 5.73 Å². The lowest BCUT2D eigenvalue weighted by atomic mass is 9.92. The monoisotopic (exact) mass is 423 g/mol. The van der Waals surface area contributed by atoms with Crippen molar-refractivity contribution >= 4 is 17.7 Å². The van der Waals surface area contributed by atoms with E-state index in [0.717, 1.165) is 5.56 Å². The van der Waals surface area contributed by atoms with Gasteiger partial charge in [-0.1, -0.05) is 6.07 Å². The Bertz CT molecular complexity index is 1080. The fraction of sp³-hybridized carbons (Fsp3) is 0.300. The largest absolute Gasteiger partial charge is 0.419 e. The summed E-state index contributed by atoms with van der Waals surface area (Å²) in [5, 5.41) is 0. The molecule has 158 valence electrons. The van der Waals surface area contributed by atoms with Gasteiger partial charge in [0.1, 0.15) is 11.8 Å². The molecule has 1 atom stereocenters. The van der Waals surface area contributed by atoms with E-state index in [1.165, 1.54) is 12.1 Å². The van der Waals surface area contributed by atoms with Gasteiger partial charge in [0.25, 0.3) is 0 Å². The third-order valence-electron chi connectivity index (χ3n) is 5.47. The van der Waals surface area contributed by atoms with Crippen molar-refractivity contribution in [3.8, 4) is 5.75 Å². The summed E-state index contributed by atoms with van der Waals surface area (Å²) >= 11 is 0. The van der Waals surface area contributed by atoms with Crippen molar-refractivity contribution in [3.05, 3.63) is 58.2 Å². The number of likely N-dealkylation sites (N-methyl/N-ethyl adjacent to an activating group) is 1. The van der Waals surface area contributed by atoms with Crippen LogP contribution in [0, 0.1) is 23.3 Å². The Kier molecular flexibility index (Phi) is 4.89. The first-order chi connectivity index (χ1) is 14.2. The average molecular weight is 423 g/mol. The Balaban J connectivity index is 1.64. The predicted molar refractivity (Wildman–Crippen MR) is 98.1 cm³/mol. The van der Waals surface area contributed by atoms with Crippen LogP contribution in [-0.4, -0.2) is 37.0 Å². The second-order valence-corrected chi connectivity index (χ2v) is 7.25. The number of nitrogens with zero attached hydrogens (tertiary/aromatic N) is 2. The molecular formula is C20H17F4N3O3. The van der Waals surface area contributed by atoms with Gasteiger partial charge in [0, 0.05) is 18.7 Å². The van der Waals surface area contributed by atoms with E-state index in [2.05, 4.69) is 0 Å². The van der Waals surface area contributed by atoms with Crippen molar-refractivity contribution < 1.29 is 31.9 Å². The zero-order valence-electron chi connectivity index (χ0n) is 15.8. The van der Waals surface area contributed by atoms with Gasteiger partial charge in [-0.05, 0) is 43.1 Å². The summed E-state index contributed by atoms with van der Waals surface area (Å²) in [5.74, 6) is -7.60. The Hall–Kier alpha value is -3.14. The second kappa shape index (κ2) is 7.28. The molecule has 10 heteroatoms. The molecule has 0 saturated heterocycles. The number of hydrogen-bond donors (Lipinski definition) is 1. The molecule has 0 aliphatic carbocycles. The zero-order chi connectivity index (χ0) is 21.7. The number of carbonyl (C=O) groups is 2. The third kappa shape index (κ3) is 3.07.